The fourth-order valence-corrected chi connectivity index (χ4v) is 2.89. The summed E-state index contributed by atoms with van der Waals surface area (Å²) < 4.78 is 5.81. The van der Waals surface area contributed by atoms with Crippen molar-refractivity contribution in [3.8, 4) is 17.1 Å². The molecule has 0 spiro atoms. The molecule has 0 aliphatic carbocycles. The highest BCUT2D eigenvalue weighted by Crippen LogP contribution is 2.22. The molecule has 100 valence electrons. The van der Waals surface area contributed by atoms with Gasteiger partial charge in [-0.25, -0.2) is 9.97 Å². The van der Waals surface area contributed by atoms with Crippen molar-refractivity contribution in [2.45, 2.75) is 12.8 Å². The number of nitrogens with zero attached hydrogens (tertiary/aromatic N) is 2. The zero-order valence-electron chi connectivity index (χ0n) is 10.7. The summed E-state index contributed by atoms with van der Waals surface area (Å²) in [5.41, 5.74) is 2.05. The molecule has 4 nitrogen and oxygen atoms in total. The van der Waals surface area contributed by atoms with Gasteiger partial charge in [0, 0.05) is 17.0 Å². The first-order valence-corrected chi connectivity index (χ1v) is 7.54. The van der Waals surface area contributed by atoms with E-state index in [-0.39, 0.29) is 0 Å². The second kappa shape index (κ2) is 6.12. The van der Waals surface area contributed by atoms with Gasteiger partial charge in [-0.1, -0.05) is 0 Å². The third kappa shape index (κ3) is 3.30. The lowest BCUT2D eigenvalue weighted by Gasteiger charge is -2.22. The topological polar surface area (TPSA) is 47.0 Å². The standard InChI is InChI=1S/C14H17N3OS/c1-4-15-5-2-11(1)8-18-14-7-13(16-10-17-14)12-3-6-19-9-12/h3,6-7,9-11,15H,1-2,4-5,8H2. The zero-order chi connectivity index (χ0) is 12.9. The summed E-state index contributed by atoms with van der Waals surface area (Å²) in [6.45, 7) is 2.94. The molecule has 2 aromatic heterocycles. The zero-order valence-corrected chi connectivity index (χ0v) is 11.5. The van der Waals surface area contributed by atoms with Gasteiger partial charge in [0.1, 0.15) is 6.33 Å². The largest absolute Gasteiger partial charge is 0.477 e. The predicted molar refractivity (Wildman–Crippen MR) is 76.4 cm³/mol. The van der Waals surface area contributed by atoms with E-state index in [0.717, 1.165) is 31.0 Å². The Morgan fingerprint density at radius 1 is 1.32 bits per heavy atom. The Kier molecular flexibility index (Phi) is 4.05. The number of nitrogens with one attached hydrogen (secondary N) is 1. The van der Waals surface area contributed by atoms with E-state index < -0.39 is 0 Å². The summed E-state index contributed by atoms with van der Waals surface area (Å²) in [5, 5.41) is 7.49. The lowest BCUT2D eigenvalue weighted by molar-refractivity contribution is 0.209. The summed E-state index contributed by atoms with van der Waals surface area (Å²) in [5.74, 6) is 1.32. The minimum Gasteiger partial charge on any atom is -0.477 e. The molecule has 1 fully saturated rings. The molecule has 0 aromatic carbocycles. The number of thiophene rings is 1. The van der Waals surface area contributed by atoms with Crippen LogP contribution in [0.25, 0.3) is 11.3 Å². The van der Waals surface area contributed by atoms with Crippen LogP contribution in [0, 0.1) is 5.92 Å². The molecule has 0 amide bonds. The van der Waals surface area contributed by atoms with Gasteiger partial charge in [0.05, 0.1) is 12.3 Å². The number of hydrogen-bond acceptors (Lipinski definition) is 5. The van der Waals surface area contributed by atoms with Gasteiger partial charge in [-0.05, 0) is 43.3 Å². The van der Waals surface area contributed by atoms with Gasteiger partial charge >= 0.3 is 0 Å². The molecule has 5 heteroatoms. The lowest BCUT2D eigenvalue weighted by atomic mass is 9.99. The van der Waals surface area contributed by atoms with Crippen LogP contribution in [0.2, 0.25) is 0 Å². The molecule has 0 saturated carbocycles. The fraction of sp³-hybridized carbons (Fsp3) is 0.429. The van der Waals surface area contributed by atoms with E-state index in [9.17, 15) is 0 Å². The highest BCUT2D eigenvalue weighted by atomic mass is 32.1. The van der Waals surface area contributed by atoms with Gasteiger partial charge < -0.3 is 10.1 Å². The maximum atomic E-state index is 5.81. The van der Waals surface area contributed by atoms with Crippen molar-refractivity contribution in [3.05, 3.63) is 29.2 Å². The van der Waals surface area contributed by atoms with Crippen molar-refractivity contribution < 1.29 is 4.74 Å². The second-order valence-electron chi connectivity index (χ2n) is 4.76. The van der Waals surface area contributed by atoms with Gasteiger partial charge in [0.15, 0.2) is 0 Å². The Balaban J connectivity index is 1.63. The van der Waals surface area contributed by atoms with Gasteiger partial charge in [0.25, 0.3) is 0 Å². The number of rotatable bonds is 4. The van der Waals surface area contributed by atoms with Crippen LogP contribution in [0.3, 0.4) is 0 Å². The lowest BCUT2D eigenvalue weighted by Crippen LogP contribution is -2.30. The maximum absolute atomic E-state index is 5.81. The molecule has 3 heterocycles. The second-order valence-corrected chi connectivity index (χ2v) is 5.54. The summed E-state index contributed by atoms with van der Waals surface area (Å²) >= 11 is 1.67. The van der Waals surface area contributed by atoms with Crippen molar-refractivity contribution in [2.75, 3.05) is 19.7 Å². The van der Waals surface area contributed by atoms with Gasteiger partial charge in [0.2, 0.25) is 5.88 Å². The van der Waals surface area contributed by atoms with E-state index in [2.05, 4.69) is 26.7 Å². The van der Waals surface area contributed by atoms with Gasteiger partial charge in [-0.15, -0.1) is 0 Å². The number of piperidine rings is 1. The Morgan fingerprint density at radius 2 is 2.21 bits per heavy atom. The van der Waals surface area contributed by atoms with Crippen LogP contribution in [-0.2, 0) is 0 Å². The van der Waals surface area contributed by atoms with Gasteiger partial charge in [-0.2, -0.15) is 11.3 Å². The number of aromatic nitrogens is 2. The summed E-state index contributed by atoms with van der Waals surface area (Å²) in [4.78, 5) is 8.47. The Labute approximate surface area is 116 Å². The normalized spacial score (nSPS) is 16.4. The third-order valence-corrected chi connectivity index (χ3v) is 4.07. The molecule has 0 unspecified atom stereocenters. The molecule has 3 rings (SSSR count). The minimum absolute atomic E-state index is 0.640. The highest BCUT2D eigenvalue weighted by molar-refractivity contribution is 7.08. The Morgan fingerprint density at radius 3 is 3.00 bits per heavy atom. The van der Waals surface area contributed by atoms with Gasteiger partial charge in [-0.3, -0.25) is 0 Å². The third-order valence-electron chi connectivity index (χ3n) is 3.38. The molecular formula is C14H17N3OS. The van der Waals surface area contributed by atoms with Crippen LogP contribution in [0.1, 0.15) is 12.8 Å². The Bertz CT molecular complexity index is 509. The molecule has 0 bridgehead atoms. The van der Waals surface area contributed by atoms with Crippen molar-refractivity contribution in [2.24, 2.45) is 5.92 Å². The first-order chi connectivity index (χ1) is 9.42. The van der Waals surface area contributed by atoms with Crippen LogP contribution in [0.4, 0.5) is 0 Å². The predicted octanol–water partition coefficient (Wildman–Crippen LogP) is 2.58. The first-order valence-electron chi connectivity index (χ1n) is 6.60. The number of hydrogen-bond donors (Lipinski definition) is 1. The van der Waals surface area contributed by atoms with E-state index >= 15 is 0 Å². The molecule has 0 atom stereocenters. The molecule has 19 heavy (non-hydrogen) atoms. The Hall–Kier alpha value is -1.46. The van der Waals surface area contributed by atoms with E-state index in [1.807, 2.05) is 11.4 Å². The number of ether oxygens (including phenoxy) is 1. The first kappa shape index (κ1) is 12.6. The van der Waals surface area contributed by atoms with Crippen molar-refractivity contribution in [3.63, 3.8) is 0 Å². The average molecular weight is 275 g/mol. The van der Waals surface area contributed by atoms with Crippen molar-refractivity contribution in [1.29, 1.82) is 0 Å². The summed E-state index contributed by atoms with van der Waals surface area (Å²) in [6.07, 6.45) is 3.94. The SMILES string of the molecule is c1nc(OCC2CCNCC2)cc(-c2ccsc2)n1. The molecule has 1 saturated heterocycles. The van der Waals surface area contributed by atoms with E-state index in [0.29, 0.717) is 11.8 Å². The van der Waals surface area contributed by atoms with Crippen LogP contribution in [-0.4, -0.2) is 29.7 Å². The highest BCUT2D eigenvalue weighted by Gasteiger charge is 2.14. The average Bonchev–Trinajstić information content (AvgIpc) is 3.01. The van der Waals surface area contributed by atoms with Crippen LogP contribution >= 0.6 is 11.3 Å². The molecule has 1 aliphatic heterocycles. The minimum atomic E-state index is 0.640. The quantitative estimate of drug-likeness (QED) is 0.931. The van der Waals surface area contributed by atoms with Crippen LogP contribution < -0.4 is 10.1 Å². The fourth-order valence-electron chi connectivity index (χ4n) is 2.24. The monoisotopic (exact) mass is 275 g/mol. The molecule has 2 aromatic rings. The maximum Gasteiger partial charge on any atom is 0.216 e. The summed E-state index contributed by atoms with van der Waals surface area (Å²) in [6, 6.07) is 3.98. The van der Waals surface area contributed by atoms with Crippen LogP contribution in [0.5, 0.6) is 5.88 Å². The van der Waals surface area contributed by atoms with Crippen LogP contribution in [0.15, 0.2) is 29.2 Å². The molecule has 0 radical (unpaired) electrons. The van der Waals surface area contributed by atoms with E-state index in [1.165, 1.54) is 12.8 Å². The smallest absolute Gasteiger partial charge is 0.216 e. The summed E-state index contributed by atoms with van der Waals surface area (Å²) in [7, 11) is 0. The van der Waals surface area contributed by atoms with E-state index in [4.69, 9.17) is 4.74 Å². The van der Waals surface area contributed by atoms with Crippen molar-refractivity contribution >= 4 is 11.3 Å². The van der Waals surface area contributed by atoms with Crippen molar-refractivity contribution in [1.82, 2.24) is 15.3 Å². The molecule has 1 aliphatic rings. The molecule has 1 N–H and O–H groups in total. The van der Waals surface area contributed by atoms with E-state index in [1.54, 1.807) is 17.7 Å². The molecular weight excluding hydrogens is 258 g/mol.